The maximum atomic E-state index is 13.1. The molecule has 23 heavy (non-hydrogen) atoms. The molecule has 0 unspecified atom stereocenters. The Morgan fingerprint density at radius 1 is 1.13 bits per heavy atom. The lowest BCUT2D eigenvalue weighted by molar-refractivity contribution is -0.0836. The van der Waals surface area contributed by atoms with Crippen molar-refractivity contribution in [2.45, 2.75) is 37.1 Å². The van der Waals surface area contributed by atoms with Gasteiger partial charge in [0.2, 0.25) is 0 Å². The number of aliphatic hydroxyl groups is 2. The number of hydrogen-bond donors (Lipinski definition) is 3. The Morgan fingerprint density at radius 2 is 1.91 bits per heavy atom. The van der Waals surface area contributed by atoms with E-state index in [2.05, 4.69) is 0 Å². The minimum atomic E-state index is -0.515. The average Bonchev–Trinajstić information content (AvgIpc) is 3.08. The average molecular weight is 336 g/mol. The number of aliphatic hydroxyl groups excluding tert-OH is 2. The summed E-state index contributed by atoms with van der Waals surface area (Å²) in [5.74, 6) is 0.603. The van der Waals surface area contributed by atoms with Crippen LogP contribution < -0.4 is 0 Å². The first kappa shape index (κ1) is 14.1. The normalized spacial score (nSPS) is 46.0. The topological polar surface area (TPSA) is 81.0 Å². The van der Waals surface area contributed by atoms with E-state index < -0.39 is 12.2 Å². The largest absolute Gasteiger partial charge is 0.508 e. The molecule has 5 nitrogen and oxygen atoms in total. The van der Waals surface area contributed by atoms with Gasteiger partial charge in [-0.2, -0.15) is 0 Å². The summed E-state index contributed by atoms with van der Waals surface area (Å²) in [6.07, 6.45) is 0.614. The van der Waals surface area contributed by atoms with Gasteiger partial charge in [-0.1, -0.05) is 11.6 Å². The van der Waals surface area contributed by atoms with Crippen molar-refractivity contribution in [2.75, 3.05) is 0 Å². The van der Waals surface area contributed by atoms with E-state index in [9.17, 15) is 20.1 Å². The summed E-state index contributed by atoms with van der Waals surface area (Å²) >= 11 is 6.15. The summed E-state index contributed by atoms with van der Waals surface area (Å²) in [5, 5.41) is 31.3. The fourth-order valence-corrected chi connectivity index (χ4v) is 6.20. The van der Waals surface area contributed by atoms with Gasteiger partial charge in [-0.05, 0) is 54.7 Å². The van der Waals surface area contributed by atoms with E-state index >= 15 is 0 Å². The number of amides is 1. The standard InChI is InChI=1S/C17H18ClNO4/c18-11-2-1-6(20)3-9(11)17(23)19-12-5-7-8-4-10(13(7)16(12)22)14(19)15(8)21/h1-3,7-8,10,12-16,20-22H,4-5H2/t7-,8-,10+,12+,13+,14-,15-,16-/m1/s1. The third kappa shape index (κ3) is 1.58. The first-order chi connectivity index (χ1) is 11.0. The first-order valence-electron chi connectivity index (χ1n) is 8.16. The molecule has 6 heteroatoms. The molecule has 1 heterocycles. The third-order valence-corrected chi connectivity index (χ3v) is 7.04. The quantitative estimate of drug-likeness (QED) is 0.721. The molecule has 0 spiro atoms. The van der Waals surface area contributed by atoms with E-state index in [1.807, 2.05) is 0 Å². The summed E-state index contributed by atoms with van der Waals surface area (Å²) in [5.41, 5.74) is 0.233. The second-order valence-corrected chi connectivity index (χ2v) is 7.86. The lowest BCUT2D eigenvalue weighted by Crippen LogP contribution is -2.62. The molecule has 4 bridgehead atoms. The number of likely N-dealkylation sites (tertiary alicyclic amines) is 1. The Hall–Kier alpha value is -1.30. The predicted octanol–water partition coefficient (Wildman–Crippen LogP) is 1.25. The highest BCUT2D eigenvalue weighted by molar-refractivity contribution is 6.33. The number of nitrogens with zero attached hydrogens (tertiary/aromatic N) is 1. The highest BCUT2D eigenvalue weighted by Gasteiger charge is 2.70. The van der Waals surface area contributed by atoms with Crippen LogP contribution in [0.1, 0.15) is 23.2 Å². The lowest BCUT2D eigenvalue weighted by Gasteiger charge is -2.48. The summed E-state index contributed by atoms with van der Waals surface area (Å²) in [7, 11) is 0. The van der Waals surface area contributed by atoms with E-state index in [1.54, 1.807) is 4.90 Å². The zero-order chi connectivity index (χ0) is 16.0. The first-order valence-corrected chi connectivity index (χ1v) is 8.54. The van der Waals surface area contributed by atoms with Gasteiger partial charge in [0.1, 0.15) is 5.75 Å². The van der Waals surface area contributed by atoms with Gasteiger partial charge in [-0.3, -0.25) is 4.79 Å². The smallest absolute Gasteiger partial charge is 0.256 e. The van der Waals surface area contributed by atoms with E-state index in [-0.39, 0.29) is 52.1 Å². The van der Waals surface area contributed by atoms with Crippen LogP contribution in [0.15, 0.2) is 18.2 Å². The summed E-state index contributed by atoms with van der Waals surface area (Å²) in [6, 6.07) is 3.81. The SMILES string of the molecule is O=C(c1cc(O)ccc1Cl)N1[C@H]2[C@H](O)[C@@H]3C[C@H]2[C@H]2[C@H](O)[C@@H]1C[C@H]32. The molecule has 3 saturated carbocycles. The second-order valence-electron chi connectivity index (χ2n) is 7.46. The van der Waals surface area contributed by atoms with Crippen LogP contribution in [-0.2, 0) is 0 Å². The molecule has 1 saturated heterocycles. The van der Waals surface area contributed by atoms with Gasteiger partial charge < -0.3 is 20.2 Å². The molecule has 0 radical (unpaired) electrons. The van der Waals surface area contributed by atoms with Crippen LogP contribution in [-0.4, -0.2) is 50.4 Å². The van der Waals surface area contributed by atoms with E-state index in [1.165, 1.54) is 18.2 Å². The van der Waals surface area contributed by atoms with Crippen LogP contribution in [0.2, 0.25) is 5.02 Å². The molecule has 3 N–H and O–H groups in total. The van der Waals surface area contributed by atoms with Crippen LogP contribution >= 0.6 is 11.6 Å². The van der Waals surface area contributed by atoms with Gasteiger partial charge in [0.25, 0.3) is 5.91 Å². The van der Waals surface area contributed by atoms with Crippen molar-refractivity contribution >= 4 is 17.5 Å². The molecule has 0 aromatic heterocycles. The highest BCUT2D eigenvalue weighted by Crippen LogP contribution is 2.64. The molecule has 1 aliphatic heterocycles. The van der Waals surface area contributed by atoms with Gasteiger partial charge in [-0.25, -0.2) is 0 Å². The molecular weight excluding hydrogens is 318 g/mol. The number of rotatable bonds is 1. The van der Waals surface area contributed by atoms with E-state index in [0.717, 1.165) is 12.8 Å². The van der Waals surface area contributed by atoms with Crippen LogP contribution in [0.25, 0.3) is 0 Å². The van der Waals surface area contributed by atoms with Crippen molar-refractivity contribution in [1.82, 2.24) is 4.90 Å². The Kier molecular flexibility index (Phi) is 2.70. The van der Waals surface area contributed by atoms with E-state index in [4.69, 9.17) is 11.6 Å². The van der Waals surface area contributed by atoms with Gasteiger partial charge >= 0.3 is 0 Å². The maximum Gasteiger partial charge on any atom is 0.256 e. The molecule has 1 aromatic carbocycles. The van der Waals surface area contributed by atoms with Crippen LogP contribution in [0, 0.1) is 23.7 Å². The van der Waals surface area contributed by atoms with Crippen LogP contribution in [0.3, 0.4) is 0 Å². The van der Waals surface area contributed by atoms with Crippen molar-refractivity contribution in [1.29, 1.82) is 0 Å². The Morgan fingerprint density at radius 3 is 2.70 bits per heavy atom. The van der Waals surface area contributed by atoms with Gasteiger partial charge in [-0.15, -0.1) is 0 Å². The minimum absolute atomic E-state index is 0.0197. The number of fused-ring (bicyclic) bond motifs is 3. The molecule has 4 aliphatic rings. The number of aromatic hydroxyl groups is 1. The monoisotopic (exact) mass is 335 g/mol. The van der Waals surface area contributed by atoms with Crippen molar-refractivity contribution in [3.05, 3.63) is 28.8 Å². The molecule has 1 amide bonds. The fraction of sp³-hybridized carbons (Fsp3) is 0.588. The molecule has 4 fully saturated rings. The lowest BCUT2D eigenvalue weighted by atomic mass is 9.75. The summed E-state index contributed by atoms with van der Waals surface area (Å²) < 4.78 is 0. The maximum absolute atomic E-state index is 13.1. The van der Waals surface area contributed by atoms with E-state index in [0.29, 0.717) is 5.92 Å². The number of phenols is 1. The molecule has 5 rings (SSSR count). The zero-order valence-electron chi connectivity index (χ0n) is 12.3. The Bertz CT molecular complexity index is 710. The van der Waals surface area contributed by atoms with Gasteiger partial charge in [0.15, 0.2) is 0 Å². The molecule has 1 aromatic rings. The van der Waals surface area contributed by atoms with Crippen molar-refractivity contribution in [3.8, 4) is 5.75 Å². The number of halogens is 1. The molecule has 8 atom stereocenters. The zero-order valence-corrected chi connectivity index (χ0v) is 13.1. The van der Waals surface area contributed by atoms with Crippen LogP contribution in [0.4, 0.5) is 0 Å². The summed E-state index contributed by atoms with van der Waals surface area (Å²) in [4.78, 5) is 14.8. The number of phenolic OH excluding ortho intramolecular Hbond substituents is 1. The second kappa shape index (κ2) is 4.41. The van der Waals surface area contributed by atoms with Crippen molar-refractivity contribution in [2.24, 2.45) is 23.7 Å². The highest BCUT2D eigenvalue weighted by atomic mass is 35.5. The molecular formula is C17H18ClNO4. The molecule has 3 aliphatic carbocycles. The summed E-state index contributed by atoms with van der Waals surface area (Å²) in [6.45, 7) is 0. The fourth-order valence-electron chi connectivity index (χ4n) is 6.00. The number of hydrogen-bond acceptors (Lipinski definition) is 4. The number of piperidine rings is 1. The van der Waals surface area contributed by atoms with Crippen molar-refractivity contribution in [3.63, 3.8) is 0 Å². The van der Waals surface area contributed by atoms with Crippen LogP contribution in [0.5, 0.6) is 5.75 Å². The predicted molar refractivity (Wildman–Crippen MR) is 82.1 cm³/mol. The Balaban J connectivity index is 1.60. The van der Waals surface area contributed by atoms with Gasteiger partial charge in [0, 0.05) is 0 Å². The molecule has 122 valence electrons. The number of carbonyl (C=O) groups excluding carboxylic acids is 1. The number of benzene rings is 1. The minimum Gasteiger partial charge on any atom is -0.508 e. The van der Waals surface area contributed by atoms with Gasteiger partial charge in [0.05, 0.1) is 34.9 Å². The number of carbonyl (C=O) groups is 1. The van der Waals surface area contributed by atoms with Crippen molar-refractivity contribution < 1.29 is 20.1 Å². The Labute approximate surface area is 138 Å². The third-order valence-electron chi connectivity index (χ3n) is 6.71.